The predicted octanol–water partition coefficient (Wildman–Crippen LogP) is 1.13. The van der Waals surface area contributed by atoms with Crippen molar-refractivity contribution in [3.63, 3.8) is 0 Å². The van der Waals surface area contributed by atoms with Crippen LogP contribution >= 0.6 is 11.3 Å². The van der Waals surface area contributed by atoms with Gasteiger partial charge in [-0.15, -0.1) is 11.3 Å². The molecule has 0 unspecified atom stereocenters. The Morgan fingerprint density at radius 2 is 2.14 bits per heavy atom. The number of amides is 1. The van der Waals surface area contributed by atoms with E-state index in [2.05, 4.69) is 15.3 Å². The molecule has 2 heterocycles. The maximum atomic E-state index is 12.2. The van der Waals surface area contributed by atoms with Crippen LogP contribution in [0.5, 0.6) is 0 Å². The highest BCUT2D eigenvalue weighted by Crippen LogP contribution is 2.26. The normalized spacial score (nSPS) is 11.6. The highest BCUT2D eigenvalue weighted by atomic mass is 32.1. The van der Waals surface area contributed by atoms with Crippen LogP contribution in [0.3, 0.4) is 0 Å². The predicted molar refractivity (Wildman–Crippen MR) is 78.7 cm³/mol. The van der Waals surface area contributed by atoms with Gasteiger partial charge in [0.1, 0.15) is 4.83 Å². The number of thiophene rings is 1. The zero-order valence-corrected chi connectivity index (χ0v) is 12.6. The van der Waals surface area contributed by atoms with Crippen LogP contribution in [-0.4, -0.2) is 33.5 Å². The van der Waals surface area contributed by atoms with Gasteiger partial charge in [0.2, 0.25) is 0 Å². The lowest BCUT2D eigenvalue weighted by Crippen LogP contribution is -2.38. The molecular weight excluding hydrogens is 294 g/mol. The van der Waals surface area contributed by atoms with Crippen LogP contribution in [0.2, 0.25) is 0 Å². The Labute approximate surface area is 124 Å². The van der Waals surface area contributed by atoms with Gasteiger partial charge in [0.05, 0.1) is 22.0 Å². The molecule has 3 N–H and O–H groups in total. The number of aromatic nitrogens is 2. The number of aliphatic carboxylic acids is 1. The Bertz CT molecular complexity index is 775. The smallest absolute Gasteiger partial charge is 0.310 e. The lowest BCUT2D eigenvalue weighted by Gasteiger charge is -2.19. The zero-order valence-electron chi connectivity index (χ0n) is 11.8. The Hall–Kier alpha value is -2.22. The third kappa shape index (κ3) is 2.80. The first-order chi connectivity index (χ1) is 9.74. The summed E-state index contributed by atoms with van der Waals surface area (Å²) < 4.78 is 0. The molecule has 1 amide bonds. The lowest BCUT2D eigenvalue weighted by molar-refractivity contribution is -0.146. The first kappa shape index (κ1) is 15.2. The summed E-state index contributed by atoms with van der Waals surface area (Å²) in [6.45, 7) is 4.73. The molecule has 0 fully saturated rings. The van der Waals surface area contributed by atoms with Gasteiger partial charge in [-0.1, -0.05) is 0 Å². The summed E-state index contributed by atoms with van der Waals surface area (Å²) in [7, 11) is 0. The molecule has 21 heavy (non-hydrogen) atoms. The SMILES string of the molecule is Cc1c(C(=O)NCC(C)(C)C(=O)O)sc2nc[nH]c(=O)c12. The minimum atomic E-state index is -1.06. The molecule has 0 aromatic carbocycles. The fourth-order valence-corrected chi connectivity index (χ4v) is 2.82. The first-order valence-electron chi connectivity index (χ1n) is 6.22. The van der Waals surface area contributed by atoms with Crippen LogP contribution in [0.4, 0.5) is 0 Å². The summed E-state index contributed by atoms with van der Waals surface area (Å²) in [5.74, 6) is -1.39. The zero-order chi connectivity index (χ0) is 15.8. The minimum Gasteiger partial charge on any atom is -0.481 e. The molecule has 0 saturated carbocycles. The molecule has 2 aromatic rings. The van der Waals surface area contributed by atoms with Crippen LogP contribution < -0.4 is 10.9 Å². The number of aryl methyl sites for hydroxylation is 1. The number of nitrogens with one attached hydrogen (secondary N) is 2. The van der Waals surface area contributed by atoms with Gasteiger partial charge < -0.3 is 15.4 Å². The highest BCUT2D eigenvalue weighted by molar-refractivity contribution is 7.20. The average molecular weight is 309 g/mol. The number of carbonyl (C=O) groups excluding carboxylic acids is 1. The molecule has 0 aliphatic rings. The molecule has 0 aliphatic carbocycles. The molecule has 112 valence electrons. The van der Waals surface area contributed by atoms with E-state index in [0.29, 0.717) is 20.7 Å². The summed E-state index contributed by atoms with van der Waals surface area (Å²) in [4.78, 5) is 42.3. The molecule has 2 aromatic heterocycles. The fraction of sp³-hybridized carbons (Fsp3) is 0.385. The second-order valence-corrected chi connectivity index (χ2v) is 6.34. The standard InChI is InChI=1S/C13H15N3O4S/c1-6-7-9(17)15-5-16-11(7)21-8(6)10(18)14-4-13(2,3)12(19)20/h5H,4H2,1-3H3,(H,14,18)(H,19,20)(H,15,16,17). The maximum Gasteiger partial charge on any atom is 0.310 e. The lowest BCUT2D eigenvalue weighted by atomic mass is 9.94. The summed E-state index contributed by atoms with van der Waals surface area (Å²) in [6, 6.07) is 0. The second-order valence-electron chi connectivity index (χ2n) is 5.34. The Balaban J connectivity index is 2.29. The number of hydrogen-bond acceptors (Lipinski definition) is 5. The van der Waals surface area contributed by atoms with Crippen LogP contribution in [0, 0.1) is 12.3 Å². The van der Waals surface area contributed by atoms with Gasteiger partial charge in [0.15, 0.2) is 0 Å². The molecule has 8 heteroatoms. The fourth-order valence-electron chi connectivity index (χ4n) is 1.75. The van der Waals surface area contributed by atoms with E-state index >= 15 is 0 Å². The molecule has 0 atom stereocenters. The highest BCUT2D eigenvalue weighted by Gasteiger charge is 2.28. The van der Waals surface area contributed by atoms with Gasteiger partial charge in [0, 0.05) is 6.54 Å². The quantitative estimate of drug-likeness (QED) is 0.784. The maximum absolute atomic E-state index is 12.2. The van der Waals surface area contributed by atoms with E-state index in [-0.39, 0.29) is 12.1 Å². The third-order valence-electron chi connectivity index (χ3n) is 3.21. The van der Waals surface area contributed by atoms with E-state index in [1.54, 1.807) is 6.92 Å². The Morgan fingerprint density at radius 3 is 2.71 bits per heavy atom. The number of carboxylic acid groups (broad SMARTS) is 1. The van der Waals surface area contributed by atoms with Gasteiger partial charge in [-0.25, -0.2) is 4.98 Å². The molecule has 2 rings (SSSR count). The van der Waals surface area contributed by atoms with Crippen LogP contribution in [0.15, 0.2) is 11.1 Å². The van der Waals surface area contributed by atoms with E-state index in [4.69, 9.17) is 5.11 Å². The minimum absolute atomic E-state index is 0.00135. The average Bonchev–Trinajstić information content (AvgIpc) is 2.75. The van der Waals surface area contributed by atoms with Crippen molar-refractivity contribution in [2.75, 3.05) is 6.54 Å². The molecule has 0 saturated heterocycles. The topological polar surface area (TPSA) is 112 Å². The number of carbonyl (C=O) groups is 2. The molecule has 0 spiro atoms. The van der Waals surface area contributed by atoms with E-state index in [1.807, 2.05) is 0 Å². The van der Waals surface area contributed by atoms with Crippen LogP contribution in [0.1, 0.15) is 29.1 Å². The number of rotatable bonds is 4. The van der Waals surface area contributed by atoms with Crippen LogP contribution in [0.25, 0.3) is 10.2 Å². The number of carboxylic acids is 1. The Kier molecular flexibility index (Phi) is 3.82. The molecule has 0 radical (unpaired) electrons. The van der Waals surface area contributed by atoms with Gasteiger partial charge in [0.25, 0.3) is 11.5 Å². The van der Waals surface area contributed by atoms with Crippen molar-refractivity contribution in [3.05, 3.63) is 27.1 Å². The number of aromatic amines is 1. The monoisotopic (exact) mass is 309 g/mol. The van der Waals surface area contributed by atoms with Crippen molar-refractivity contribution in [2.45, 2.75) is 20.8 Å². The number of nitrogens with zero attached hydrogens (tertiary/aromatic N) is 1. The number of fused-ring (bicyclic) bond motifs is 1. The van der Waals surface area contributed by atoms with Gasteiger partial charge in [-0.05, 0) is 26.3 Å². The van der Waals surface area contributed by atoms with E-state index < -0.39 is 17.3 Å². The van der Waals surface area contributed by atoms with Gasteiger partial charge >= 0.3 is 5.97 Å². The first-order valence-corrected chi connectivity index (χ1v) is 7.04. The largest absolute Gasteiger partial charge is 0.481 e. The van der Waals surface area contributed by atoms with Crippen molar-refractivity contribution < 1.29 is 14.7 Å². The van der Waals surface area contributed by atoms with Gasteiger partial charge in [-0.3, -0.25) is 14.4 Å². The van der Waals surface area contributed by atoms with E-state index in [9.17, 15) is 14.4 Å². The van der Waals surface area contributed by atoms with Gasteiger partial charge in [-0.2, -0.15) is 0 Å². The summed E-state index contributed by atoms with van der Waals surface area (Å²) in [5.41, 5.74) is -0.802. The second kappa shape index (κ2) is 5.28. The Morgan fingerprint density at radius 1 is 1.48 bits per heavy atom. The molecule has 0 aliphatic heterocycles. The third-order valence-corrected chi connectivity index (χ3v) is 4.41. The van der Waals surface area contributed by atoms with Crippen molar-refractivity contribution in [2.24, 2.45) is 5.41 Å². The van der Waals surface area contributed by atoms with Crippen molar-refractivity contribution in [1.82, 2.24) is 15.3 Å². The summed E-state index contributed by atoms with van der Waals surface area (Å²) in [5, 5.41) is 12.0. The summed E-state index contributed by atoms with van der Waals surface area (Å²) >= 11 is 1.11. The summed E-state index contributed by atoms with van der Waals surface area (Å²) in [6.07, 6.45) is 1.29. The number of H-pyrrole nitrogens is 1. The van der Waals surface area contributed by atoms with Crippen molar-refractivity contribution in [3.8, 4) is 0 Å². The molecular formula is C13H15N3O4S. The van der Waals surface area contributed by atoms with Crippen molar-refractivity contribution in [1.29, 1.82) is 0 Å². The van der Waals surface area contributed by atoms with E-state index in [1.165, 1.54) is 20.2 Å². The van der Waals surface area contributed by atoms with Crippen LogP contribution in [-0.2, 0) is 4.79 Å². The van der Waals surface area contributed by atoms with E-state index in [0.717, 1.165) is 11.3 Å². The van der Waals surface area contributed by atoms with Crippen molar-refractivity contribution >= 4 is 33.4 Å². The molecule has 0 bridgehead atoms. The molecule has 7 nitrogen and oxygen atoms in total. The number of hydrogen-bond donors (Lipinski definition) is 3.